The summed E-state index contributed by atoms with van der Waals surface area (Å²) in [4.78, 5) is 22.6. The molecule has 0 aliphatic carbocycles. The van der Waals surface area contributed by atoms with E-state index in [0.29, 0.717) is 17.2 Å². The minimum absolute atomic E-state index is 0.208. The standard InChI is InChI=1S/C21H25F3N6O2/c1-4-30(20(31)28-17(11-25)21(22,23)24)13(2)14-6-5-7-15(10-14)16-12-29-9-8-26-18(29)19(27-16)32-3/h5-10,12-13,17H,4,11,25H2,1-3H3,(H,28,31). The van der Waals surface area contributed by atoms with Crippen LogP contribution < -0.4 is 15.8 Å². The van der Waals surface area contributed by atoms with Gasteiger partial charge in [0.05, 0.1) is 18.8 Å². The number of nitrogens with zero attached hydrogens (tertiary/aromatic N) is 4. The SMILES string of the molecule is CCN(C(=O)NC(CN)C(F)(F)F)C(C)c1cccc(-c2cn3ccnc3c(OC)n2)c1. The van der Waals surface area contributed by atoms with Gasteiger partial charge in [0.2, 0.25) is 0 Å². The number of ether oxygens (including phenoxy) is 1. The van der Waals surface area contributed by atoms with Crippen LogP contribution in [0.3, 0.4) is 0 Å². The van der Waals surface area contributed by atoms with E-state index in [1.165, 1.54) is 12.0 Å². The van der Waals surface area contributed by atoms with Gasteiger partial charge in [0, 0.05) is 37.2 Å². The molecule has 0 saturated carbocycles. The van der Waals surface area contributed by atoms with Gasteiger partial charge in [-0.15, -0.1) is 0 Å². The van der Waals surface area contributed by atoms with Gasteiger partial charge in [-0.05, 0) is 25.5 Å². The van der Waals surface area contributed by atoms with E-state index < -0.39 is 30.8 Å². The average Bonchev–Trinajstić information content (AvgIpc) is 3.25. The molecule has 32 heavy (non-hydrogen) atoms. The number of alkyl halides is 3. The number of fused-ring (bicyclic) bond motifs is 1. The molecule has 2 unspecified atom stereocenters. The van der Waals surface area contributed by atoms with Gasteiger partial charge in [0.25, 0.3) is 5.88 Å². The van der Waals surface area contributed by atoms with Crippen molar-refractivity contribution in [1.82, 2.24) is 24.6 Å². The number of benzene rings is 1. The number of carbonyl (C=O) groups is 1. The molecule has 8 nitrogen and oxygen atoms in total. The molecule has 3 N–H and O–H groups in total. The van der Waals surface area contributed by atoms with E-state index in [9.17, 15) is 18.0 Å². The molecule has 0 bridgehead atoms. The Hall–Kier alpha value is -3.34. The van der Waals surface area contributed by atoms with Gasteiger partial charge in [0.15, 0.2) is 5.65 Å². The number of urea groups is 1. The molecule has 2 atom stereocenters. The van der Waals surface area contributed by atoms with Gasteiger partial charge in [-0.3, -0.25) is 0 Å². The normalized spacial score (nSPS) is 13.6. The smallest absolute Gasteiger partial charge is 0.409 e. The number of imidazole rings is 1. The Morgan fingerprint density at radius 3 is 2.75 bits per heavy atom. The zero-order valence-corrected chi connectivity index (χ0v) is 17.9. The summed E-state index contributed by atoms with van der Waals surface area (Å²) >= 11 is 0. The van der Waals surface area contributed by atoms with Crippen LogP contribution >= 0.6 is 0 Å². The topological polar surface area (TPSA) is 97.8 Å². The molecular weight excluding hydrogens is 425 g/mol. The predicted octanol–water partition coefficient (Wildman–Crippen LogP) is 3.39. The lowest BCUT2D eigenvalue weighted by atomic mass is 10.0. The van der Waals surface area contributed by atoms with E-state index in [1.807, 2.05) is 17.4 Å². The third-order valence-electron chi connectivity index (χ3n) is 5.20. The molecule has 0 aliphatic rings. The van der Waals surface area contributed by atoms with Crippen molar-refractivity contribution in [3.8, 4) is 17.1 Å². The molecule has 0 saturated heterocycles. The maximum absolute atomic E-state index is 13.0. The monoisotopic (exact) mass is 450 g/mol. The summed E-state index contributed by atoms with van der Waals surface area (Å²) in [7, 11) is 1.51. The Balaban J connectivity index is 1.88. The van der Waals surface area contributed by atoms with Crippen molar-refractivity contribution in [2.75, 3.05) is 20.2 Å². The summed E-state index contributed by atoms with van der Waals surface area (Å²) in [6.45, 7) is 2.92. The number of carbonyl (C=O) groups excluding carboxylic acids is 1. The lowest BCUT2D eigenvalue weighted by Gasteiger charge is -2.31. The quantitative estimate of drug-likeness (QED) is 0.575. The molecule has 1 aromatic carbocycles. The molecular formula is C21H25F3N6O2. The molecule has 2 heterocycles. The number of amides is 2. The summed E-state index contributed by atoms with van der Waals surface area (Å²) in [6.07, 6.45) is 0.583. The third-order valence-corrected chi connectivity index (χ3v) is 5.20. The number of rotatable bonds is 7. The van der Waals surface area contributed by atoms with Gasteiger partial charge >= 0.3 is 12.2 Å². The minimum atomic E-state index is -4.62. The molecule has 2 amide bonds. The first kappa shape index (κ1) is 23.3. The molecule has 0 radical (unpaired) electrons. The fraction of sp³-hybridized carbons (Fsp3) is 0.381. The Kier molecular flexibility index (Phi) is 6.87. The Labute approximate surface area is 183 Å². The zero-order chi connectivity index (χ0) is 23.5. The minimum Gasteiger partial charge on any atom is -0.478 e. The van der Waals surface area contributed by atoms with Gasteiger partial charge in [-0.25, -0.2) is 14.8 Å². The Morgan fingerprint density at radius 1 is 1.38 bits per heavy atom. The van der Waals surface area contributed by atoms with Gasteiger partial charge in [0.1, 0.15) is 6.04 Å². The second-order valence-electron chi connectivity index (χ2n) is 7.16. The van der Waals surface area contributed by atoms with Crippen LogP contribution in [0.4, 0.5) is 18.0 Å². The third kappa shape index (κ3) is 4.77. The summed E-state index contributed by atoms with van der Waals surface area (Å²) in [5.41, 5.74) is 7.89. The summed E-state index contributed by atoms with van der Waals surface area (Å²) in [5.74, 6) is 0.362. The van der Waals surface area contributed by atoms with Crippen molar-refractivity contribution in [2.45, 2.75) is 32.1 Å². The Bertz CT molecular complexity index is 1080. The van der Waals surface area contributed by atoms with Gasteiger partial charge in [-0.1, -0.05) is 18.2 Å². The molecule has 11 heteroatoms. The van der Waals surface area contributed by atoms with Crippen molar-refractivity contribution in [2.24, 2.45) is 5.73 Å². The molecule has 3 rings (SSSR count). The van der Waals surface area contributed by atoms with Crippen molar-refractivity contribution in [3.63, 3.8) is 0 Å². The second kappa shape index (κ2) is 9.43. The second-order valence-corrected chi connectivity index (χ2v) is 7.16. The van der Waals surface area contributed by atoms with Crippen molar-refractivity contribution < 1.29 is 22.7 Å². The van der Waals surface area contributed by atoms with Crippen LogP contribution in [0.15, 0.2) is 42.9 Å². The summed E-state index contributed by atoms with van der Waals surface area (Å²) < 4.78 is 46.2. The van der Waals surface area contributed by atoms with Crippen LogP contribution in [0.5, 0.6) is 5.88 Å². The first-order valence-corrected chi connectivity index (χ1v) is 10.0. The lowest BCUT2D eigenvalue weighted by Crippen LogP contribution is -2.54. The van der Waals surface area contributed by atoms with Crippen molar-refractivity contribution in [3.05, 3.63) is 48.4 Å². The molecule has 0 aliphatic heterocycles. The number of halogens is 3. The highest BCUT2D eigenvalue weighted by Crippen LogP contribution is 2.28. The highest BCUT2D eigenvalue weighted by atomic mass is 19.4. The van der Waals surface area contributed by atoms with E-state index in [1.54, 1.807) is 49.0 Å². The largest absolute Gasteiger partial charge is 0.478 e. The first-order chi connectivity index (χ1) is 15.2. The van der Waals surface area contributed by atoms with E-state index in [2.05, 4.69) is 9.97 Å². The van der Waals surface area contributed by atoms with Crippen LogP contribution in [0.25, 0.3) is 16.9 Å². The van der Waals surface area contributed by atoms with E-state index in [-0.39, 0.29) is 6.54 Å². The van der Waals surface area contributed by atoms with Gasteiger partial charge < -0.3 is 25.1 Å². The lowest BCUT2D eigenvalue weighted by molar-refractivity contribution is -0.151. The fourth-order valence-corrected chi connectivity index (χ4v) is 3.42. The molecule has 0 spiro atoms. The predicted molar refractivity (Wildman–Crippen MR) is 113 cm³/mol. The fourth-order valence-electron chi connectivity index (χ4n) is 3.42. The number of aromatic nitrogens is 3. The van der Waals surface area contributed by atoms with Crippen molar-refractivity contribution in [1.29, 1.82) is 0 Å². The van der Waals surface area contributed by atoms with Crippen LogP contribution in [0.2, 0.25) is 0 Å². The van der Waals surface area contributed by atoms with Crippen LogP contribution in [0.1, 0.15) is 25.5 Å². The van der Waals surface area contributed by atoms with Crippen LogP contribution in [-0.4, -0.2) is 57.7 Å². The summed E-state index contributed by atoms with van der Waals surface area (Å²) in [5, 5.41) is 1.98. The summed E-state index contributed by atoms with van der Waals surface area (Å²) in [6, 6.07) is 3.86. The van der Waals surface area contributed by atoms with Crippen LogP contribution in [-0.2, 0) is 0 Å². The van der Waals surface area contributed by atoms with E-state index >= 15 is 0 Å². The average molecular weight is 450 g/mol. The number of nitrogens with two attached hydrogens (primary N) is 1. The van der Waals surface area contributed by atoms with E-state index in [4.69, 9.17) is 10.5 Å². The number of methoxy groups -OCH3 is 1. The molecule has 0 fully saturated rings. The maximum atomic E-state index is 13.0. The highest BCUT2D eigenvalue weighted by molar-refractivity contribution is 5.75. The molecule has 2 aromatic heterocycles. The highest BCUT2D eigenvalue weighted by Gasteiger charge is 2.40. The first-order valence-electron chi connectivity index (χ1n) is 10.0. The number of hydrogen-bond acceptors (Lipinski definition) is 5. The van der Waals surface area contributed by atoms with Crippen LogP contribution in [0, 0.1) is 0 Å². The van der Waals surface area contributed by atoms with Gasteiger partial charge in [-0.2, -0.15) is 13.2 Å². The number of hydrogen-bond donors (Lipinski definition) is 2. The molecule has 172 valence electrons. The maximum Gasteiger partial charge on any atom is 0.409 e. The zero-order valence-electron chi connectivity index (χ0n) is 17.9. The molecule has 3 aromatic rings. The Morgan fingerprint density at radius 2 is 2.12 bits per heavy atom. The van der Waals surface area contributed by atoms with E-state index in [0.717, 1.165) is 11.1 Å². The van der Waals surface area contributed by atoms with Crippen molar-refractivity contribution >= 4 is 11.7 Å². The number of nitrogens with one attached hydrogen (secondary N) is 1.